The summed E-state index contributed by atoms with van der Waals surface area (Å²) in [6.45, 7) is 6.22. The van der Waals surface area contributed by atoms with E-state index >= 15 is 0 Å². The fourth-order valence-corrected chi connectivity index (χ4v) is 3.74. The normalized spacial score (nSPS) is 22.2. The van der Waals surface area contributed by atoms with E-state index in [9.17, 15) is 9.59 Å². The Hall–Kier alpha value is -2.16. The second-order valence-electron chi connectivity index (χ2n) is 6.97. The van der Waals surface area contributed by atoms with Crippen molar-refractivity contribution in [1.82, 2.24) is 29.9 Å². The molecule has 144 valence electrons. The lowest BCUT2D eigenvalue weighted by Gasteiger charge is -2.36. The van der Waals surface area contributed by atoms with Gasteiger partial charge in [0.25, 0.3) is 0 Å². The Morgan fingerprint density at radius 3 is 2.73 bits per heavy atom. The van der Waals surface area contributed by atoms with Crippen molar-refractivity contribution >= 4 is 12.0 Å². The van der Waals surface area contributed by atoms with Gasteiger partial charge in [0.1, 0.15) is 11.9 Å². The van der Waals surface area contributed by atoms with Gasteiger partial charge in [-0.25, -0.2) is 9.78 Å². The Balaban J connectivity index is 1.58. The molecule has 2 fully saturated rings. The number of amides is 2. The van der Waals surface area contributed by atoms with E-state index in [2.05, 4.69) is 20.1 Å². The molecule has 9 heteroatoms. The molecule has 2 amide bonds. The minimum atomic E-state index is -0.403. The lowest BCUT2D eigenvalue weighted by molar-refractivity contribution is -0.137. The van der Waals surface area contributed by atoms with E-state index in [1.807, 2.05) is 11.8 Å². The molecule has 2 aliphatic heterocycles. The molecule has 26 heavy (non-hydrogen) atoms. The SMILES string of the molecule is COC(=O)N1CCCCC1C(=O)N1CCCN(Cc2n[nH]c(C)n2)CC1. The Bertz CT molecular complexity index is 634. The third-order valence-electron chi connectivity index (χ3n) is 5.11. The molecule has 3 heterocycles. The monoisotopic (exact) mass is 364 g/mol. The molecule has 0 bridgehead atoms. The predicted molar refractivity (Wildman–Crippen MR) is 94.3 cm³/mol. The van der Waals surface area contributed by atoms with Gasteiger partial charge in [-0.15, -0.1) is 0 Å². The first-order valence-corrected chi connectivity index (χ1v) is 9.32. The summed E-state index contributed by atoms with van der Waals surface area (Å²) in [6, 6.07) is -0.390. The van der Waals surface area contributed by atoms with Crippen molar-refractivity contribution in [3.8, 4) is 0 Å². The number of aryl methyl sites for hydroxylation is 1. The van der Waals surface area contributed by atoms with Crippen LogP contribution in [0, 0.1) is 6.92 Å². The van der Waals surface area contributed by atoms with E-state index in [0.717, 1.165) is 44.0 Å². The van der Waals surface area contributed by atoms with E-state index in [-0.39, 0.29) is 5.91 Å². The Morgan fingerprint density at radius 1 is 1.15 bits per heavy atom. The van der Waals surface area contributed by atoms with Gasteiger partial charge in [0, 0.05) is 32.7 Å². The van der Waals surface area contributed by atoms with Gasteiger partial charge in [0.2, 0.25) is 5.91 Å². The quantitative estimate of drug-likeness (QED) is 0.851. The van der Waals surface area contributed by atoms with Crippen LogP contribution in [0.4, 0.5) is 4.79 Å². The average molecular weight is 364 g/mol. The predicted octanol–water partition coefficient (Wildman–Crippen LogP) is 0.768. The largest absolute Gasteiger partial charge is 0.453 e. The van der Waals surface area contributed by atoms with E-state index in [0.29, 0.717) is 32.6 Å². The average Bonchev–Trinajstić information content (AvgIpc) is 2.92. The molecule has 2 aliphatic rings. The van der Waals surface area contributed by atoms with Crippen molar-refractivity contribution in [1.29, 1.82) is 0 Å². The number of likely N-dealkylation sites (tertiary alicyclic amines) is 1. The number of aromatic nitrogens is 3. The summed E-state index contributed by atoms with van der Waals surface area (Å²) in [5, 5.41) is 7.05. The highest BCUT2D eigenvalue weighted by atomic mass is 16.5. The van der Waals surface area contributed by atoms with E-state index in [1.54, 1.807) is 4.90 Å². The number of nitrogens with zero attached hydrogens (tertiary/aromatic N) is 5. The standard InChI is InChI=1S/C17H28N6O3/c1-13-18-15(20-19-13)12-21-7-5-8-22(11-10-21)16(24)14-6-3-4-9-23(14)17(25)26-2/h14H,3-12H2,1-2H3,(H,18,19,20). The molecule has 3 rings (SSSR count). The highest BCUT2D eigenvalue weighted by Gasteiger charge is 2.35. The fourth-order valence-electron chi connectivity index (χ4n) is 3.74. The first-order valence-electron chi connectivity index (χ1n) is 9.32. The number of ether oxygens (including phenoxy) is 1. The van der Waals surface area contributed by atoms with E-state index in [1.165, 1.54) is 7.11 Å². The zero-order chi connectivity index (χ0) is 18.5. The Labute approximate surface area is 153 Å². The highest BCUT2D eigenvalue weighted by molar-refractivity contribution is 5.86. The van der Waals surface area contributed by atoms with Crippen LogP contribution >= 0.6 is 0 Å². The summed E-state index contributed by atoms with van der Waals surface area (Å²) in [4.78, 5) is 35.1. The molecule has 2 saturated heterocycles. The van der Waals surface area contributed by atoms with Crippen LogP contribution in [-0.2, 0) is 16.1 Å². The Morgan fingerprint density at radius 2 is 2.00 bits per heavy atom. The number of piperidine rings is 1. The van der Waals surface area contributed by atoms with Crippen molar-refractivity contribution in [2.24, 2.45) is 0 Å². The van der Waals surface area contributed by atoms with Gasteiger partial charge in [-0.05, 0) is 32.6 Å². The molecule has 0 aliphatic carbocycles. The third kappa shape index (κ3) is 4.32. The lowest BCUT2D eigenvalue weighted by atomic mass is 10.0. The maximum atomic E-state index is 13.0. The molecular weight excluding hydrogens is 336 g/mol. The van der Waals surface area contributed by atoms with Crippen molar-refractivity contribution in [2.45, 2.75) is 45.2 Å². The molecule has 0 aromatic carbocycles. The summed E-state index contributed by atoms with van der Waals surface area (Å²) < 4.78 is 4.86. The van der Waals surface area contributed by atoms with Crippen LogP contribution in [0.15, 0.2) is 0 Å². The fraction of sp³-hybridized carbons (Fsp3) is 0.765. The number of carbonyl (C=O) groups excluding carboxylic acids is 2. The molecule has 0 saturated carbocycles. The number of nitrogens with one attached hydrogen (secondary N) is 1. The maximum absolute atomic E-state index is 13.0. The smallest absolute Gasteiger partial charge is 0.410 e. The summed E-state index contributed by atoms with van der Waals surface area (Å²) in [6.07, 6.45) is 3.10. The number of hydrogen-bond acceptors (Lipinski definition) is 6. The van der Waals surface area contributed by atoms with Gasteiger partial charge >= 0.3 is 6.09 Å². The molecule has 0 radical (unpaired) electrons. The number of aromatic amines is 1. The van der Waals surface area contributed by atoms with Gasteiger partial charge < -0.3 is 9.64 Å². The Kier molecular flexibility index (Phi) is 6.08. The molecular formula is C17H28N6O3. The number of hydrogen-bond donors (Lipinski definition) is 1. The number of H-pyrrole nitrogens is 1. The minimum absolute atomic E-state index is 0.0469. The zero-order valence-electron chi connectivity index (χ0n) is 15.6. The summed E-state index contributed by atoms with van der Waals surface area (Å²) in [7, 11) is 1.37. The summed E-state index contributed by atoms with van der Waals surface area (Å²) in [5.74, 6) is 1.64. The van der Waals surface area contributed by atoms with Crippen LogP contribution in [0.3, 0.4) is 0 Å². The van der Waals surface area contributed by atoms with E-state index < -0.39 is 12.1 Å². The van der Waals surface area contributed by atoms with Crippen LogP contribution < -0.4 is 0 Å². The number of rotatable bonds is 3. The molecule has 0 spiro atoms. The number of carbonyl (C=O) groups is 2. The summed E-state index contributed by atoms with van der Waals surface area (Å²) in [5.41, 5.74) is 0. The van der Waals surface area contributed by atoms with E-state index in [4.69, 9.17) is 4.74 Å². The maximum Gasteiger partial charge on any atom is 0.410 e. The lowest BCUT2D eigenvalue weighted by Crippen LogP contribution is -2.53. The van der Waals surface area contributed by atoms with Gasteiger partial charge in [0.15, 0.2) is 5.82 Å². The second kappa shape index (κ2) is 8.48. The third-order valence-corrected chi connectivity index (χ3v) is 5.11. The molecule has 9 nitrogen and oxygen atoms in total. The molecule has 1 unspecified atom stereocenters. The molecule has 1 atom stereocenters. The van der Waals surface area contributed by atoms with Crippen LogP contribution in [-0.4, -0.2) is 87.8 Å². The van der Waals surface area contributed by atoms with Gasteiger partial charge in [-0.2, -0.15) is 5.10 Å². The zero-order valence-corrected chi connectivity index (χ0v) is 15.6. The molecule has 1 N–H and O–H groups in total. The first kappa shape index (κ1) is 18.6. The van der Waals surface area contributed by atoms with Crippen LogP contribution in [0.5, 0.6) is 0 Å². The summed E-state index contributed by atoms with van der Waals surface area (Å²) >= 11 is 0. The topological polar surface area (TPSA) is 94.7 Å². The second-order valence-corrected chi connectivity index (χ2v) is 6.97. The van der Waals surface area contributed by atoms with Crippen molar-refractivity contribution in [3.63, 3.8) is 0 Å². The highest BCUT2D eigenvalue weighted by Crippen LogP contribution is 2.21. The number of methoxy groups -OCH3 is 1. The van der Waals surface area contributed by atoms with Crippen molar-refractivity contribution in [3.05, 3.63) is 11.6 Å². The van der Waals surface area contributed by atoms with Crippen LogP contribution in [0.25, 0.3) is 0 Å². The van der Waals surface area contributed by atoms with Gasteiger partial charge in [-0.1, -0.05) is 0 Å². The van der Waals surface area contributed by atoms with Crippen LogP contribution in [0.1, 0.15) is 37.3 Å². The first-order chi connectivity index (χ1) is 12.6. The minimum Gasteiger partial charge on any atom is -0.453 e. The van der Waals surface area contributed by atoms with Crippen molar-refractivity contribution in [2.75, 3.05) is 39.8 Å². The van der Waals surface area contributed by atoms with Gasteiger partial charge in [0.05, 0.1) is 13.7 Å². The molecule has 1 aromatic heterocycles. The molecule has 1 aromatic rings. The van der Waals surface area contributed by atoms with Crippen LogP contribution in [0.2, 0.25) is 0 Å². The van der Waals surface area contributed by atoms with Crippen molar-refractivity contribution < 1.29 is 14.3 Å². The van der Waals surface area contributed by atoms with Gasteiger partial charge in [-0.3, -0.25) is 19.7 Å².